The molecule has 0 aliphatic heterocycles. The van der Waals surface area contributed by atoms with E-state index in [1.54, 1.807) is 26.2 Å². The van der Waals surface area contributed by atoms with E-state index in [-0.39, 0.29) is 11.5 Å². The van der Waals surface area contributed by atoms with Gasteiger partial charge in [-0.05, 0) is 62.2 Å². The fraction of sp³-hybridized carbons (Fsp3) is 0.318. The number of carbonyl (C=O) groups excluding carboxylic acids is 1. The second kappa shape index (κ2) is 9.09. The maximum absolute atomic E-state index is 12.1. The Morgan fingerprint density at radius 1 is 1.12 bits per heavy atom. The Kier molecular flexibility index (Phi) is 6.84. The van der Waals surface area contributed by atoms with E-state index in [0.29, 0.717) is 17.6 Å². The number of hydrogen-bond acceptors (Lipinski definition) is 4. The zero-order chi connectivity index (χ0) is 19.1. The number of benzene rings is 2. The van der Waals surface area contributed by atoms with Gasteiger partial charge in [-0.15, -0.1) is 0 Å². The maximum Gasteiger partial charge on any atom is 0.156 e. The van der Waals surface area contributed by atoms with Crippen molar-refractivity contribution in [3.05, 3.63) is 59.2 Å². The molecular weight excluding hydrogens is 326 g/mol. The number of ether oxygens (including phenoxy) is 1. The molecule has 0 fully saturated rings. The largest absolute Gasteiger partial charge is 0.507 e. The molecule has 0 amide bonds. The molecule has 0 aliphatic carbocycles. The summed E-state index contributed by atoms with van der Waals surface area (Å²) in [5.41, 5.74) is 3.30. The molecule has 2 rings (SSSR count). The molecule has 2 aromatic rings. The van der Waals surface area contributed by atoms with Crippen LogP contribution in [0.25, 0.3) is 6.08 Å². The first-order valence-corrected chi connectivity index (χ1v) is 8.90. The van der Waals surface area contributed by atoms with Crippen molar-refractivity contribution in [3.63, 3.8) is 0 Å². The number of aromatic hydroxyl groups is 1. The monoisotopic (exact) mass is 353 g/mol. The average Bonchev–Trinajstić information content (AvgIpc) is 2.64. The molecule has 0 saturated heterocycles. The van der Waals surface area contributed by atoms with Gasteiger partial charge < -0.3 is 14.7 Å². The van der Waals surface area contributed by atoms with E-state index >= 15 is 0 Å². The second-order valence-corrected chi connectivity index (χ2v) is 6.17. The van der Waals surface area contributed by atoms with Gasteiger partial charge in [0.15, 0.2) is 5.78 Å². The number of phenolic OH excluding ortho intramolecular Hbond substituents is 1. The minimum Gasteiger partial charge on any atom is -0.507 e. The van der Waals surface area contributed by atoms with Crippen LogP contribution in [0.2, 0.25) is 0 Å². The highest BCUT2D eigenvalue weighted by Crippen LogP contribution is 2.27. The SMILES string of the molecule is CCN(CC)c1ccc(C=C(Cc2ccc(OC)cc2)C(C)=O)c(O)c1. The number of nitrogens with zero attached hydrogens (tertiary/aromatic N) is 1. The quantitative estimate of drug-likeness (QED) is 0.712. The van der Waals surface area contributed by atoms with Gasteiger partial charge in [-0.1, -0.05) is 12.1 Å². The lowest BCUT2D eigenvalue weighted by molar-refractivity contribution is -0.113. The van der Waals surface area contributed by atoms with Gasteiger partial charge in [0.25, 0.3) is 0 Å². The predicted octanol–water partition coefficient (Wildman–Crippen LogP) is 4.46. The van der Waals surface area contributed by atoms with Gasteiger partial charge in [0.1, 0.15) is 11.5 Å². The van der Waals surface area contributed by atoms with Gasteiger partial charge in [0, 0.05) is 36.8 Å². The van der Waals surface area contributed by atoms with Crippen LogP contribution in [0.4, 0.5) is 5.69 Å². The average molecular weight is 353 g/mol. The summed E-state index contributed by atoms with van der Waals surface area (Å²) in [5.74, 6) is 0.961. The van der Waals surface area contributed by atoms with Crippen molar-refractivity contribution >= 4 is 17.5 Å². The van der Waals surface area contributed by atoms with Gasteiger partial charge >= 0.3 is 0 Å². The molecule has 4 heteroatoms. The molecule has 2 aromatic carbocycles. The number of ketones is 1. The molecule has 26 heavy (non-hydrogen) atoms. The number of anilines is 1. The smallest absolute Gasteiger partial charge is 0.156 e. The Bertz CT molecular complexity index is 774. The Morgan fingerprint density at radius 2 is 1.77 bits per heavy atom. The molecule has 0 radical (unpaired) electrons. The second-order valence-electron chi connectivity index (χ2n) is 6.17. The van der Waals surface area contributed by atoms with Gasteiger partial charge in [0.2, 0.25) is 0 Å². The number of allylic oxidation sites excluding steroid dienone is 1. The highest BCUT2D eigenvalue weighted by Gasteiger charge is 2.10. The van der Waals surface area contributed by atoms with Crippen LogP contribution < -0.4 is 9.64 Å². The first-order valence-electron chi connectivity index (χ1n) is 8.90. The van der Waals surface area contributed by atoms with E-state index in [9.17, 15) is 9.90 Å². The van der Waals surface area contributed by atoms with Crippen LogP contribution in [-0.4, -0.2) is 31.1 Å². The summed E-state index contributed by atoms with van der Waals surface area (Å²) in [5, 5.41) is 10.4. The highest BCUT2D eigenvalue weighted by molar-refractivity contribution is 5.98. The summed E-state index contributed by atoms with van der Waals surface area (Å²) in [6.45, 7) is 7.47. The van der Waals surface area contributed by atoms with Crippen molar-refractivity contribution < 1.29 is 14.6 Å². The molecule has 0 heterocycles. The first kappa shape index (κ1) is 19.6. The summed E-state index contributed by atoms with van der Waals surface area (Å²) in [4.78, 5) is 14.2. The third-order valence-electron chi connectivity index (χ3n) is 4.48. The Hall–Kier alpha value is -2.75. The molecule has 0 atom stereocenters. The van der Waals surface area contributed by atoms with Crippen molar-refractivity contribution in [1.29, 1.82) is 0 Å². The van der Waals surface area contributed by atoms with E-state index in [4.69, 9.17) is 4.74 Å². The van der Waals surface area contributed by atoms with E-state index in [2.05, 4.69) is 18.7 Å². The zero-order valence-electron chi connectivity index (χ0n) is 16.0. The van der Waals surface area contributed by atoms with Crippen LogP contribution in [0, 0.1) is 0 Å². The Labute approximate surface area is 155 Å². The molecule has 1 N–H and O–H groups in total. The molecule has 0 bridgehead atoms. The lowest BCUT2D eigenvalue weighted by atomic mass is 9.99. The number of carbonyl (C=O) groups is 1. The minimum atomic E-state index is -0.00645. The third kappa shape index (κ3) is 4.88. The van der Waals surface area contributed by atoms with Crippen molar-refractivity contribution in [2.24, 2.45) is 0 Å². The van der Waals surface area contributed by atoms with E-state index in [1.807, 2.05) is 36.4 Å². The van der Waals surface area contributed by atoms with Crippen LogP contribution in [0.5, 0.6) is 11.5 Å². The standard InChI is InChI=1S/C22H27NO3/c1-5-23(6-2)20-10-9-18(22(25)15-20)14-19(16(3)24)13-17-7-11-21(26-4)12-8-17/h7-12,14-15,25H,5-6,13H2,1-4H3. The number of rotatable bonds is 8. The van der Waals surface area contributed by atoms with Crippen molar-refractivity contribution in [2.75, 3.05) is 25.1 Å². The number of Topliss-reactive ketones (excluding diaryl/α,β-unsaturated/α-hetero) is 1. The van der Waals surface area contributed by atoms with Crippen molar-refractivity contribution in [2.45, 2.75) is 27.2 Å². The van der Waals surface area contributed by atoms with Crippen LogP contribution in [0.1, 0.15) is 31.9 Å². The van der Waals surface area contributed by atoms with Gasteiger partial charge in [-0.2, -0.15) is 0 Å². The molecular formula is C22H27NO3. The fourth-order valence-corrected chi connectivity index (χ4v) is 2.87. The molecule has 0 aromatic heterocycles. The Balaban J connectivity index is 2.28. The molecule has 0 unspecified atom stereocenters. The zero-order valence-corrected chi connectivity index (χ0v) is 16.0. The van der Waals surface area contributed by atoms with Crippen molar-refractivity contribution in [1.82, 2.24) is 0 Å². The molecule has 138 valence electrons. The maximum atomic E-state index is 12.1. The normalized spacial score (nSPS) is 11.3. The summed E-state index contributed by atoms with van der Waals surface area (Å²) in [6.07, 6.45) is 2.28. The van der Waals surface area contributed by atoms with Crippen LogP contribution >= 0.6 is 0 Å². The van der Waals surface area contributed by atoms with Gasteiger partial charge in [-0.3, -0.25) is 4.79 Å². The molecule has 0 spiro atoms. The Morgan fingerprint density at radius 3 is 2.27 bits per heavy atom. The molecule has 4 nitrogen and oxygen atoms in total. The van der Waals surface area contributed by atoms with E-state index in [0.717, 1.165) is 30.1 Å². The van der Waals surface area contributed by atoms with Gasteiger partial charge in [-0.25, -0.2) is 0 Å². The van der Waals surface area contributed by atoms with Crippen LogP contribution in [0.3, 0.4) is 0 Å². The highest BCUT2D eigenvalue weighted by atomic mass is 16.5. The summed E-state index contributed by atoms with van der Waals surface area (Å²) >= 11 is 0. The topological polar surface area (TPSA) is 49.8 Å². The minimum absolute atomic E-state index is 0.00645. The summed E-state index contributed by atoms with van der Waals surface area (Å²) < 4.78 is 5.16. The lowest BCUT2D eigenvalue weighted by Gasteiger charge is -2.21. The van der Waals surface area contributed by atoms with Gasteiger partial charge in [0.05, 0.1) is 7.11 Å². The number of methoxy groups -OCH3 is 1. The number of phenols is 1. The van der Waals surface area contributed by atoms with Crippen LogP contribution in [0.15, 0.2) is 48.0 Å². The third-order valence-corrected chi connectivity index (χ3v) is 4.48. The summed E-state index contributed by atoms with van der Waals surface area (Å²) in [7, 11) is 1.63. The van der Waals surface area contributed by atoms with Crippen molar-refractivity contribution in [3.8, 4) is 11.5 Å². The van der Waals surface area contributed by atoms with Crippen LogP contribution in [-0.2, 0) is 11.2 Å². The predicted molar refractivity (Wildman–Crippen MR) is 107 cm³/mol. The number of hydrogen-bond donors (Lipinski definition) is 1. The molecule has 0 aliphatic rings. The van der Waals surface area contributed by atoms with E-state index in [1.165, 1.54) is 0 Å². The molecule has 0 saturated carbocycles. The van der Waals surface area contributed by atoms with E-state index < -0.39 is 0 Å². The first-order chi connectivity index (χ1) is 12.5. The summed E-state index contributed by atoms with van der Waals surface area (Å²) in [6, 6.07) is 13.2. The lowest BCUT2D eigenvalue weighted by Crippen LogP contribution is -2.21. The fourth-order valence-electron chi connectivity index (χ4n) is 2.87.